The fourth-order valence-electron chi connectivity index (χ4n) is 4.84. The van der Waals surface area contributed by atoms with E-state index in [0.717, 1.165) is 42.4 Å². The van der Waals surface area contributed by atoms with E-state index >= 15 is 0 Å². The standard InChI is InChI=1S/C23H30N2O5S/c1-13-11-16(17(23(28)29)12-14(13)2)20(26)24-21-19(15-5-3-4-6-18(15)31-21)22(27)25-7-9-30-10-8-25/h16-17H,3-12H2,1-2H3,(H,24,26)(H,28,29)/t16-,17+/m1/s1. The molecule has 2 amide bonds. The van der Waals surface area contributed by atoms with Gasteiger partial charge in [0.25, 0.3) is 5.91 Å². The first-order valence-electron chi connectivity index (χ1n) is 11.1. The third kappa shape index (κ3) is 4.41. The van der Waals surface area contributed by atoms with Crippen molar-refractivity contribution in [2.75, 3.05) is 31.6 Å². The van der Waals surface area contributed by atoms with Crippen molar-refractivity contribution in [2.24, 2.45) is 11.8 Å². The largest absolute Gasteiger partial charge is 0.481 e. The number of anilines is 1. The SMILES string of the molecule is CC1=C(C)C[C@@H](C(=O)Nc2sc3c(c2C(=O)N2CCOCC2)CCCC3)[C@@H](C(=O)O)C1. The fraction of sp³-hybridized carbons (Fsp3) is 0.609. The number of ether oxygens (including phenoxy) is 1. The molecule has 0 bridgehead atoms. The molecule has 3 aliphatic rings. The van der Waals surface area contributed by atoms with Crippen LogP contribution in [-0.4, -0.2) is 54.1 Å². The van der Waals surface area contributed by atoms with Gasteiger partial charge in [-0.1, -0.05) is 11.1 Å². The molecule has 31 heavy (non-hydrogen) atoms. The number of hydrogen-bond donors (Lipinski definition) is 2. The first-order valence-corrected chi connectivity index (χ1v) is 11.9. The molecule has 7 nitrogen and oxygen atoms in total. The summed E-state index contributed by atoms with van der Waals surface area (Å²) in [7, 11) is 0. The van der Waals surface area contributed by atoms with Crippen LogP contribution in [0.2, 0.25) is 0 Å². The topological polar surface area (TPSA) is 95.9 Å². The van der Waals surface area contributed by atoms with Gasteiger partial charge in [-0.15, -0.1) is 11.3 Å². The van der Waals surface area contributed by atoms with E-state index in [-0.39, 0.29) is 11.8 Å². The van der Waals surface area contributed by atoms with Crippen LogP contribution < -0.4 is 5.32 Å². The Bertz CT molecular complexity index is 929. The molecule has 4 rings (SSSR count). The van der Waals surface area contributed by atoms with E-state index in [9.17, 15) is 19.5 Å². The lowest BCUT2D eigenvalue weighted by atomic mass is 9.76. The number of rotatable bonds is 4. The summed E-state index contributed by atoms with van der Waals surface area (Å²) < 4.78 is 5.39. The highest BCUT2D eigenvalue weighted by Crippen LogP contribution is 2.41. The number of carboxylic acids is 1. The van der Waals surface area contributed by atoms with Gasteiger partial charge in [0.1, 0.15) is 5.00 Å². The van der Waals surface area contributed by atoms with Crippen LogP contribution in [0.15, 0.2) is 11.1 Å². The third-order valence-corrected chi connectivity index (χ3v) is 8.05. The molecule has 2 heterocycles. The maximum atomic E-state index is 13.4. The molecule has 1 aliphatic heterocycles. The van der Waals surface area contributed by atoms with Crippen molar-refractivity contribution in [3.05, 3.63) is 27.2 Å². The van der Waals surface area contributed by atoms with Gasteiger partial charge in [0, 0.05) is 18.0 Å². The molecule has 0 spiro atoms. The summed E-state index contributed by atoms with van der Waals surface area (Å²) in [4.78, 5) is 41.5. The van der Waals surface area contributed by atoms with Crippen LogP contribution in [0.3, 0.4) is 0 Å². The van der Waals surface area contributed by atoms with Crippen LogP contribution in [0.25, 0.3) is 0 Å². The molecule has 2 aliphatic carbocycles. The lowest BCUT2D eigenvalue weighted by molar-refractivity contribution is -0.146. The Morgan fingerprint density at radius 2 is 1.68 bits per heavy atom. The molecule has 1 saturated heterocycles. The van der Waals surface area contributed by atoms with E-state index in [1.54, 1.807) is 4.90 Å². The van der Waals surface area contributed by atoms with Gasteiger partial charge in [0.15, 0.2) is 0 Å². The van der Waals surface area contributed by atoms with Crippen molar-refractivity contribution in [2.45, 2.75) is 52.4 Å². The summed E-state index contributed by atoms with van der Waals surface area (Å²) in [6.07, 6.45) is 4.70. The normalized spacial score (nSPS) is 24.0. The molecular weight excluding hydrogens is 416 g/mol. The van der Waals surface area contributed by atoms with Gasteiger partial charge in [-0.05, 0) is 57.9 Å². The number of nitrogens with one attached hydrogen (secondary N) is 1. The molecule has 0 radical (unpaired) electrons. The Kier molecular flexibility index (Phi) is 6.48. The number of nitrogens with zero attached hydrogens (tertiary/aromatic N) is 1. The maximum absolute atomic E-state index is 13.4. The molecule has 1 aromatic rings. The van der Waals surface area contributed by atoms with Crippen molar-refractivity contribution in [3.63, 3.8) is 0 Å². The summed E-state index contributed by atoms with van der Waals surface area (Å²) in [5.41, 5.74) is 3.80. The van der Waals surface area contributed by atoms with E-state index in [0.29, 0.717) is 49.7 Å². The van der Waals surface area contributed by atoms with Gasteiger partial charge in [-0.25, -0.2) is 0 Å². The van der Waals surface area contributed by atoms with E-state index in [4.69, 9.17) is 4.74 Å². The first-order chi connectivity index (χ1) is 14.9. The van der Waals surface area contributed by atoms with Crippen molar-refractivity contribution >= 4 is 34.1 Å². The minimum Gasteiger partial charge on any atom is -0.481 e. The Labute approximate surface area is 186 Å². The highest BCUT2D eigenvalue weighted by Gasteiger charge is 2.38. The van der Waals surface area contributed by atoms with Crippen molar-refractivity contribution in [3.8, 4) is 0 Å². The second kappa shape index (κ2) is 9.12. The number of carbonyl (C=O) groups excluding carboxylic acids is 2. The maximum Gasteiger partial charge on any atom is 0.307 e. The Morgan fingerprint density at radius 3 is 2.35 bits per heavy atom. The molecule has 1 aromatic heterocycles. The minimum absolute atomic E-state index is 0.0525. The number of aryl methyl sites for hydroxylation is 1. The Hall–Kier alpha value is -2.19. The quantitative estimate of drug-likeness (QED) is 0.691. The van der Waals surface area contributed by atoms with Gasteiger partial charge in [-0.3, -0.25) is 14.4 Å². The van der Waals surface area contributed by atoms with Gasteiger partial charge >= 0.3 is 5.97 Å². The number of hydrogen-bond acceptors (Lipinski definition) is 5. The van der Waals surface area contributed by atoms with Crippen LogP contribution >= 0.6 is 11.3 Å². The summed E-state index contributed by atoms with van der Waals surface area (Å²) in [5, 5.41) is 13.3. The number of morpholine rings is 1. The first kappa shape index (κ1) is 22.0. The highest BCUT2D eigenvalue weighted by molar-refractivity contribution is 7.17. The van der Waals surface area contributed by atoms with Crippen LogP contribution in [-0.2, 0) is 27.2 Å². The minimum atomic E-state index is -0.943. The van der Waals surface area contributed by atoms with Crippen LogP contribution in [0.4, 0.5) is 5.00 Å². The molecule has 0 unspecified atom stereocenters. The predicted octanol–water partition coefficient (Wildman–Crippen LogP) is 3.49. The van der Waals surface area contributed by atoms with Gasteiger partial charge < -0.3 is 20.1 Å². The number of fused-ring (bicyclic) bond motifs is 1. The van der Waals surface area contributed by atoms with Crippen LogP contribution in [0.5, 0.6) is 0 Å². The van der Waals surface area contributed by atoms with Crippen molar-refractivity contribution in [1.82, 2.24) is 4.90 Å². The molecule has 0 saturated carbocycles. The summed E-state index contributed by atoms with van der Waals surface area (Å²) >= 11 is 1.49. The lowest BCUT2D eigenvalue weighted by Gasteiger charge is -2.30. The third-order valence-electron chi connectivity index (χ3n) is 6.84. The van der Waals surface area contributed by atoms with E-state index in [1.165, 1.54) is 16.2 Å². The van der Waals surface area contributed by atoms with Crippen molar-refractivity contribution in [1.29, 1.82) is 0 Å². The molecule has 0 aromatic carbocycles. The predicted molar refractivity (Wildman–Crippen MR) is 119 cm³/mol. The summed E-state index contributed by atoms with van der Waals surface area (Å²) in [5.74, 6) is -2.66. The number of amides is 2. The Balaban J connectivity index is 1.63. The molecule has 1 fully saturated rings. The smallest absolute Gasteiger partial charge is 0.307 e. The van der Waals surface area contributed by atoms with E-state index < -0.39 is 17.8 Å². The second-order valence-electron chi connectivity index (χ2n) is 8.83. The number of carboxylic acid groups (broad SMARTS) is 1. The van der Waals surface area contributed by atoms with Gasteiger partial charge in [0.2, 0.25) is 5.91 Å². The molecule has 2 atom stereocenters. The second-order valence-corrected chi connectivity index (χ2v) is 9.93. The molecular formula is C23H30N2O5S. The lowest BCUT2D eigenvalue weighted by Crippen LogP contribution is -2.41. The number of thiophene rings is 1. The molecule has 168 valence electrons. The highest BCUT2D eigenvalue weighted by atomic mass is 32.1. The zero-order valence-electron chi connectivity index (χ0n) is 18.2. The number of aliphatic carboxylic acids is 1. The molecule has 2 N–H and O–H groups in total. The van der Waals surface area contributed by atoms with Crippen molar-refractivity contribution < 1.29 is 24.2 Å². The average Bonchev–Trinajstić information content (AvgIpc) is 3.12. The monoisotopic (exact) mass is 446 g/mol. The fourth-order valence-corrected chi connectivity index (χ4v) is 6.12. The van der Waals surface area contributed by atoms with Crippen LogP contribution in [0, 0.1) is 11.8 Å². The van der Waals surface area contributed by atoms with Crippen LogP contribution in [0.1, 0.15) is 60.3 Å². The number of allylic oxidation sites excluding steroid dienone is 2. The zero-order valence-corrected chi connectivity index (χ0v) is 19.0. The van der Waals surface area contributed by atoms with Gasteiger partial charge in [0.05, 0.1) is 30.6 Å². The van der Waals surface area contributed by atoms with E-state index in [2.05, 4.69) is 5.32 Å². The van der Waals surface area contributed by atoms with Gasteiger partial charge in [-0.2, -0.15) is 0 Å². The molecule has 8 heteroatoms. The Morgan fingerprint density at radius 1 is 1.03 bits per heavy atom. The summed E-state index contributed by atoms with van der Waals surface area (Å²) in [6, 6.07) is 0. The summed E-state index contributed by atoms with van der Waals surface area (Å²) in [6.45, 7) is 6.03. The van der Waals surface area contributed by atoms with E-state index in [1.807, 2.05) is 13.8 Å². The average molecular weight is 447 g/mol. The zero-order chi connectivity index (χ0) is 22.1. The number of carbonyl (C=O) groups is 3.